The van der Waals surface area contributed by atoms with E-state index in [-0.39, 0.29) is 18.2 Å². The Kier molecular flexibility index (Phi) is 4.51. The lowest BCUT2D eigenvalue weighted by atomic mass is 10.2. The van der Waals surface area contributed by atoms with Gasteiger partial charge < -0.3 is 5.11 Å². The van der Waals surface area contributed by atoms with Gasteiger partial charge in [-0.2, -0.15) is 0 Å². The Morgan fingerprint density at radius 3 is 2.33 bits per heavy atom. The molecular weight excluding hydrogens is 158 g/mol. The van der Waals surface area contributed by atoms with Crippen LogP contribution in [0, 0.1) is 0 Å². The molecule has 12 heavy (non-hydrogen) atoms. The number of hydrogen-bond donors (Lipinski definition) is 1. The maximum atomic E-state index is 10.8. The molecule has 4 heteroatoms. The number of nitrogens with zero attached hydrogens (tertiary/aromatic N) is 1. The summed E-state index contributed by atoms with van der Waals surface area (Å²) in [4.78, 5) is 22.8. The lowest BCUT2D eigenvalue weighted by Crippen LogP contribution is -2.35. The number of Topliss-reactive ketones (excluding diaryl/α,β-unsaturated/α-hetero) is 1. The highest BCUT2D eigenvalue weighted by molar-refractivity contribution is 5.80. The van der Waals surface area contributed by atoms with Crippen molar-refractivity contribution in [3.63, 3.8) is 0 Å². The molecule has 70 valence electrons. The molecule has 0 amide bonds. The van der Waals surface area contributed by atoms with Crippen LogP contribution < -0.4 is 0 Å². The van der Waals surface area contributed by atoms with Gasteiger partial charge in [0.05, 0.1) is 12.5 Å². The quantitative estimate of drug-likeness (QED) is 0.652. The zero-order valence-electron chi connectivity index (χ0n) is 7.70. The smallest absolute Gasteiger partial charge is 0.304 e. The van der Waals surface area contributed by atoms with Crippen LogP contribution >= 0.6 is 0 Å². The van der Waals surface area contributed by atoms with Gasteiger partial charge in [-0.3, -0.25) is 14.5 Å². The predicted octanol–water partition coefficient (Wildman–Crippen LogP) is 0.370. The highest BCUT2D eigenvalue weighted by Crippen LogP contribution is 1.97. The van der Waals surface area contributed by atoms with Gasteiger partial charge in [-0.1, -0.05) is 0 Å². The number of hydrogen-bond acceptors (Lipinski definition) is 3. The fraction of sp³-hybridized carbons (Fsp3) is 0.750. The second-order valence-electron chi connectivity index (χ2n) is 2.91. The molecule has 0 aliphatic rings. The topological polar surface area (TPSA) is 57.6 Å². The number of rotatable bonds is 5. The standard InChI is InChI=1S/C8H15NO3/c1-6(7(2)10)9(3)5-4-8(11)12/h6H,4-5H2,1-3H3,(H,11,12). The molecule has 0 aromatic rings. The van der Waals surface area contributed by atoms with Crippen LogP contribution in [0.4, 0.5) is 0 Å². The van der Waals surface area contributed by atoms with Crippen molar-refractivity contribution in [3.8, 4) is 0 Å². The monoisotopic (exact) mass is 173 g/mol. The second-order valence-corrected chi connectivity index (χ2v) is 2.91. The Balaban J connectivity index is 3.79. The predicted molar refractivity (Wildman–Crippen MR) is 45.0 cm³/mol. The molecule has 1 unspecified atom stereocenters. The molecule has 0 aliphatic heterocycles. The molecule has 0 bridgehead atoms. The fourth-order valence-electron chi connectivity index (χ4n) is 0.776. The van der Waals surface area contributed by atoms with Gasteiger partial charge in [-0.05, 0) is 20.9 Å². The molecule has 0 aromatic heterocycles. The minimum Gasteiger partial charge on any atom is -0.481 e. The van der Waals surface area contributed by atoms with E-state index in [2.05, 4.69) is 0 Å². The number of carboxylic acids is 1. The first kappa shape index (κ1) is 11.1. The van der Waals surface area contributed by atoms with Crippen molar-refractivity contribution < 1.29 is 14.7 Å². The van der Waals surface area contributed by atoms with Crippen LogP contribution in [-0.4, -0.2) is 41.4 Å². The van der Waals surface area contributed by atoms with E-state index in [9.17, 15) is 9.59 Å². The van der Waals surface area contributed by atoms with Crippen molar-refractivity contribution in [2.45, 2.75) is 26.3 Å². The summed E-state index contributed by atoms with van der Waals surface area (Å²) in [7, 11) is 1.75. The van der Waals surface area contributed by atoms with Crippen LogP contribution in [0.3, 0.4) is 0 Å². The summed E-state index contributed by atoms with van der Waals surface area (Å²) in [5, 5.41) is 8.37. The third-order valence-electron chi connectivity index (χ3n) is 1.93. The van der Waals surface area contributed by atoms with Crippen LogP contribution in [0.5, 0.6) is 0 Å². The third-order valence-corrected chi connectivity index (χ3v) is 1.93. The van der Waals surface area contributed by atoms with Crippen LogP contribution in [-0.2, 0) is 9.59 Å². The summed E-state index contributed by atoms with van der Waals surface area (Å²) in [6, 6.07) is -0.190. The van der Waals surface area contributed by atoms with Gasteiger partial charge in [0.15, 0.2) is 0 Å². The first-order chi connectivity index (χ1) is 5.45. The van der Waals surface area contributed by atoms with E-state index in [0.29, 0.717) is 6.54 Å². The molecule has 0 spiro atoms. The highest BCUT2D eigenvalue weighted by atomic mass is 16.4. The van der Waals surface area contributed by atoms with Crippen molar-refractivity contribution in [3.05, 3.63) is 0 Å². The van der Waals surface area contributed by atoms with E-state index in [1.807, 2.05) is 0 Å². The van der Waals surface area contributed by atoms with Gasteiger partial charge in [0.25, 0.3) is 0 Å². The molecule has 0 rings (SSSR count). The normalized spacial score (nSPS) is 13.0. The molecule has 0 aromatic carbocycles. The summed E-state index contributed by atoms with van der Waals surface area (Å²) in [5.41, 5.74) is 0. The molecule has 1 atom stereocenters. The molecule has 0 heterocycles. The van der Waals surface area contributed by atoms with Crippen LogP contribution in [0.25, 0.3) is 0 Å². The fourth-order valence-corrected chi connectivity index (χ4v) is 0.776. The molecule has 0 aliphatic carbocycles. The molecule has 0 saturated heterocycles. The minimum absolute atomic E-state index is 0.0582. The number of ketones is 1. The van der Waals surface area contributed by atoms with Gasteiger partial charge in [-0.15, -0.1) is 0 Å². The third kappa shape index (κ3) is 4.08. The largest absolute Gasteiger partial charge is 0.481 e. The molecule has 4 nitrogen and oxygen atoms in total. The van der Waals surface area contributed by atoms with Crippen molar-refractivity contribution in [2.75, 3.05) is 13.6 Å². The molecular formula is C8H15NO3. The SMILES string of the molecule is CC(=O)C(C)N(C)CCC(=O)O. The first-order valence-corrected chi connectivity index (χ1v) is 3.87. The number of likely N-dealkylation sites (N-methyl/N-ethyl adjacent to an activating group) is 1. The van der Waals surface area contributed by atoms with Crippen molar-refractivity contribution >= 4 is 11.8 Å². The zero-order chi connectivity index (χ0) is 9.72. The van der Waals surface area contributed by atoms with E-state index >= 15 is 0 Å². The van der Waals surface area contributed by atoms with E-state index in [1.165, 1.54) is 6.92 Å². The van der Waals surface area contributed by atoms with Crippen LogP contribution in [0.15, 0.2) is 0 Å². The summed E-state index contributed by atoms with van der Waals surface area (Å²) < 4.78 is 0. The second kappa shape index (κ2) is 4.87. The number of carbonyl (C=O) groups is 2. The first-order valence-electron chi connectivity index (χ1n) is 3.87. The van der Waals surface area contributed by atoms with Crippen molar-refractivity contribution in [1.82, 2.24) is 4.90 Å². The lowest BCUT2D eigenvalue weighted by molar-refractivity contribution is -0.137. The Labute approximate surface area is 72.2 Å². The van der Waals surface area contributed by atoms with E-state index in [4.69, 9.17) is 5.11 Å². The van der Waals surface area contributed by atoms with Crippen molar-refractivity contribution in [1.29, 1.82) is 0 Å². The van der Waals surface area contributed by atoms with Gasteiger partial charge in [0.2, 0.25) is 0 Å². The Hall–Kier alpha value is -0.900. The molecule has 0 fully saturated rings. The molecule has 0 radical (unpaired) electrons. The van der Waals surface area contributed by atoms with Gasteiger partial charge in [0.1, 0.15) is 5.78 Å². The zero-order valence-corrected chi connectivity index (χ0v) is 7.70. The minimum atomic E-state index is -0.836. The maximum Gasteiger partial charge on any atom is 0.304 e. The van der Waals surface area contributed by atoms with Gasteiger partial charge in [-0.25, -0.2) is 0 Å². The van der Waals surface area contributed by atoms with Crippen LogP contribution in [0.2, 0.25) is 0 Å². The number of aliphatic carboxylic acids is 1. The average molecular weight is 173 g/mol. The summed E-state index contributed by atoms with van der Waals surface area (Å²) in [6.45, 7) is 3.68. The summed E-state index contributed by atoms with van der Waals surface area (Å²) in [6.07, 6.45) is 0.0775. The van der Waals surface area contributed by atoms with Gasteiger partial charge in [0, 0.05) is 6.54 Å². The number of carboxylic acid groups (broad SMARTS) is 1. The molecule has 1 N–H and O–H groups in total. The summed E-state index contributed by atoms with van der Waals surface area (Å²) >= 11 is 0. The Bertz CT molecular complexity index is 179. The number of carbonyl (C=O) groups excluding carboxylic acids is 1. The maximum absolute atomic E-state index is 10.8. The Morgan fingerprint density at radius 1 is 1.50 bits per heavy atom. The van der Waals surface area contributed by atoms with E-state index in [0.717, 1.165) is 0 Å². The Morgan fingerprint density at radius 2 is 2.00 bits per heavy atom. The average Bonchev–Trinajstić information content (AvgIpc) is 1.98. The van der Waals surface area contributed by atoms with Crippen LogP contribution in [0.1, 0.15) is 20.3 Å². The van der Waals surface area contributed by atoms with Crippen molar-refractivity contribution in [2.24, 2.45) is 0 Å². The van der Waals surface area contributed by atoms with E-state index in [1.54, 1.807) is 18.9 Å². The van der Waals surface area contributed by atoms with E-state index < -0.39 is 5.97 Å². The lowest BCUT2D eigenvalue weighted by Gasteiger charge is -2.20. The molecule has 0 saturated carbocycles. The van der Waals surface area contributed by atoms with Gasteiger partial charge >= 0.3 is 5.97 Å². The summed E-state index contributed by atoms with van der Waals surface area (Å²) in [5.74, 6) is -0.777. The highest BCUT2D eigenvalue weighted by Gasteiger charge is 2.13.